The molecule has 26 heavy (non-hydrogen) atoms. The van der Waals surface area contributed by atoms with E-state index < -0.39 is 29.0 Å². The maximum absolute atomic E-state index is 13.6. The predicted molar refractivity (Wildman–Crippen MR) is 91.6 cm³/mol. The first-order valence-electron chi connectivity index (χ1n) is 7.77. The van der Waals surface area contributed by atoms with Gasteiger partial charge in [-0.1, -0.05) is 0 Å². The molecule has 0 heterocycles. The molecule has 0 spiro atoms. The molecule has 138 valence electrons. The Labute approximate surface area is 148 Å². The summed E-state index contributed by atoms with van der Waals surface area (Å²) in [4.78, 5) is 26.0. The molecule has 2 N–H and O–H groups in total. The van der Waals surface area contributed by atoms with Crippen LogP contribution < -0.4 is 10.6 Å². The zero-order valence-corrected chi connectivity index (χ0v) is 14.3. The molecule has 0 aliphatic heterocycles. The molecule has 0 aliphatic rings. The number of halogens is 3. The molecule has 0 atom stereocenters. The van der Waals surface area contributed by atoms with Crippen LogP contribution in [0.2, 0.25) is 0 Å². The third-order valence-corrected chi connectivity index (χ3v) is 3.54. The Morgan fingerprint density at radius 3 is 2.04 bits per heavy atom. The zero-order chi connectivity index (χ0) is 19.3. The number of rotatable bonds is 6. The molecule has 2 amide bonds. The summed E-state index contributed by atoms with van der Waals surface area (Å²) in [6.45, 7) is 1.16. The Hall–Kier alpha value is -2.87. The fourth-order valence-electron chi connectivity index (χ4n) is 2.09. The number of likely N-dealkylation sites (N-methyl/N-ethyl adjacent to an activating group) is 1. The van der Waals surface area contributed by atoms with Crippen molar-refractivity contribution in [2.75, 3.05) is 32.5 Å². The minimum atomic E-state index is -1.66. The number of benzene rings is 2. The topological polar surface area (TPSA) is 61.4 Å². The second-order valence-electron chi connectivity index (χ2n) is 5.81. The third kappa shape index (κ3) is 4.82. The molecule has 8 heteroatoms. The molecule has 2 aromatic rings. The molecule has 0 saturated carbocycles. The number of carbonyl (C=O) groups is 2. The minimum absolute atomic E-state index is 0.138. The molecular weight excluding hydrogens is 347 g/mol. The highest BCUT2D eigenvalue weighted by atomic mass is 19.2. The van der Waals surface area contributed by atoms with Gasteiger partial charge >= 0.3 is 0 Å². The van der Waals surface area contributed by atoms with Crippen molar-refractivity contribution in [3.63, 3.8) is 0 Å². The second kappa shape index (κ2) is 8.48. The van der Waals surface area contributed by atoms with E-state index in [-0.39, 0.29) is 11.5 Å². The van der Waals surface area contributed by atoms with Crippen molar-refractivity contribution >= 4 is 17.5 Å². The molecule has 0 bridgehead atoms. The molecule has 0 saturated heterocycles. The summed E-state index contributed by atoms with van der Waals surface area (Å²) in [5, 5.41) is 4.89. The molecule has 2 aromatic carbocycles. The van der Waals surface area contributed by atoms with Gasteiger partial charge < -0.3 is 15.5 Å². The van der Waals surface area contributed by atoms with E-state index in [2.05, 4.69) is 10.6 Å². The Balaban J connectivity index is 2.03. The molecule has 5 nitrogen and oxygen atoms in total. The summed E-state index contributed by atoms with van der Waals surface area (Å²) in [7, 11) is 3.77. The van der Waals surface area contributed by atoms with E-state index in [1.807, 2.05) is 19.0 Å². The van der Waals surface area contributed by atoms with Crippen molar-refractivity contribution in [2.24, 2.45) is 0 Å². The van der Waals surface area contributed by atoms with Gasteiger partial charge in [-0.25, -0.2) is 13.2 Å². The monoisotopic (exact) mass is 365 g/mol. The molecule has 0 radical (unpaired) electrons. The number of nitrogens with zero attached hydrogens (tertiary/aromatic N) is 1. The number of amides is 2. The first-order chi connectivity index (χ1) is 12.3. The summed E-state index contributed by atoms with van der Waals surface area (Å²) >= 11 is 0. The summed E-state index contributed by atoms with van der Waals surface area (Å²) in [5.41, 5.74) is 0.0256. The van der Waals surface area contributed by atoms with Crippen LogP contribution in [0.5, 0.6) is 0 Å². The Morgan fingerprint density at radius 2 is 1.46 bits per heavy atom. The van der Waals surface area contributed by atoms with E-state index in [1.165, 1.54) is 24.3 Å². The fraction of sp³-hybridized carbons (Fsp3) is 0.222. The normalized spacial score (nSPS) is 10.7. The van der Waals surface area contributed by atoms with E-state index in [1.54, 1.807) is 0 Å². The van der Waals surface area contributed by atoms with E-state index in [0.717, 1.165) is 12.1 Å². The van der Waals surface area contributed by atoms with E-state index in [9.17, 15) is 22.8 Å². The molecule has 0 aliphatic carbocycles. The first kappa shape index (κ1) is 19.5. The quantitative estimate of drug-likeness (QED) is 0.774. The lowest BCUT2D eigenvalue weighted by atomic mass is 10.1. The van der Waals surface area contributed by atoms with Gasteiger partial charge in [0.15, 0.2) is 17.5 Å². The summed E-state index contributed by atoms with van der Waals surface area (Å²) in [6, 6.07) is 7.30. The van der Waals surface area contributed by atoms with Crippen LogP contribution in [-0.4, -0.2) is 43.9 Å². The first-order valence-corrected chi connectivity index (χ1v) is 7.77. The van der Waals surface area contributed by atoms with Gasteiger partial charge in [0.2, 0.25) is 0 Å². The zero-order valence-electron chi connectivity index (χ0n) is 14.3. The van der Waals surface area contributed by atoms with Crippen LogP contribution >= 0.6 is 0 Å². The van der Waals surface area contributed by atoms with Gasteiger partial charge in [-0.2, -0.15) is 0 Å². The van der Waals surface area contributed by atoms with Crippen molar-refractivity contribution < 1.29 is 22.8 Å². The summed E-state index contributed by atoms with van der Waals surface area (Å²) in [5.74, 6) is -5.48. The van der Waals surface area contributed by atoms with Crippen molar-refractivity contribution in [3.8, 4) is 0 Å². The van der Waals surface area contributed by atoms with E-state index >= 15 is 0 Å². The lowest BCUT2D eigenvalue weighted by Crippen LogP contribution is -2.31. The van der Waals surface area contributed by atoms with Crippen LogP contribution in [-0.2, 0) is 0 Å². The number of hydrogen-bond donors (Lipinski definition) is 2. The lowest BCUT2D eigenvalue weighted by molar-refractivity contribution is 0.0949. The van der Waals surface area contributed by atoms with E-state index in [4.69, 9.17) is 0 Å². The summed E-state index contributed by atoms with van der Waals surface area (Å²) in [6.07, 6.45) is 0. The Morgan fingerprint density at radius 1 is 0.885 bits per heavy atom. The highest BCUT2D eigenvalue weighted by Crippen LogP contribution is 2.20. The highest BCUT2D eigenvalue weighted by Gasteiger charge is 2.16. The largest absolute Gasteiger partial charge is 0.351 e. The molecule has 2 rings (SSSR count). The van der Waals surface area contributed by atoms with Crippen LogP contribution in [0.4, 0.5) is 18.9 Å². The fourth-order valence-corrected chi connectivity index (χ4v) is 2.09. The summed E-state index contributed by atoms with van der Waals surface area (Å²) < 4.78 is 39.7. The van der Waals surface area contributed by atoms with Gasteiger partial charge in [-0.15, -0.1) is 0 Å². The van der Waals surface area contributed by atoms with Crippen LogP contribution in [0, 0.1) is 17.5 Å². The predicted octanol–water partition coefficient (Wildman–Crippen LogP) is 2.65. The van der Waals surface area contributed by atoms with Gasteiger partial charge in [0.05, 0.1) is 5.69 Å². The van der Waals surface area contributed by atoms with Crippen LogP contribution in [0.15, 0.2) is 36.4 Å². The molecule has 0 unspecified atom stereocenters. The van der Waals surface area contributed by atoms with Crippen molar-refractivity contribution in [3.05, 3.63) is 65.0 Å². The van der Waals surface area contributed by atoms with Gasteiger partial charge in [-0.3, -0.25) is 9.59 Å². The Kier molecular flexibility index (Phi) is 6.35. The smallest absolute Gasteiger partial charge is 0.255 e. The maximum Gasteiger partial charge on any atom is 0.255 e. The molecule has 0 aromatic heterocycles. The van der Waals surface area contributed by atoms with Crippen molar-refractivity contribution in [2.45, 2.75) is 0 Å². The Bertz CT molecular complexity index is 808. The van der Waals surface area contributed by atoms with Crippen molar-refractivity contribution in [1.29, 1.82) is 0 Å². The standard InChI is InChI=1S/C18H18F3N3O2/c1-24(2)10-9-22-17(25)11-3-5-12(6-4-11)18(26)23-14-8-7-13(19)15(20)16(14)21/h3-8H,9-10H2,1-2H3,(H,22,25)(H,23,26). The second-order valence-corrected chi connectivity index (χ2v) is 5.81. The van der Waals surface area contributed by atoms with Crippen molar-refractivity contribution in [1.82, 2.24) is 10.2 Å². The SMILES string of the molecule is CN(C)CCNC(=O)c1ccc(C(=O)Nc2ccc(F)c(F)c2F)cc1. The van der Waals surface area contributed by atoms with E-state index in [0.29, 0.717) is 18.7 Å². The van der Waals surface area contributed by atoms with Gasteiger partial charge in [0.1, 0.15) is 0 Å². The lowest BCUT2D eigenvalue weighted by Gasteiger charge is -2.11. The minimum Gasteiger partial charge on any atom is -0.351 e. The van der Waals surface area contributed by atoms with Crippen LogP contribution in [0.25, 0.3) is 0 Å². The number of carbonyl (C=O) groups excluding carboxylic acids is 2. The van der Waals surface area contributed by atoms with Crippen LogP contribution in [0.3, 0.4) is 0 Å². The average molecular weight is 365 g/mol. The number of anilines is 1. The number of hydrogen-bond acceptors (Lipinski definition) is 3. The number of nitrogens with one attached hydrogen (secondary N) is 2. The maximum atomic E-state index is 13.6. The van der Waals surface area contributed by atoms with Gasteiger partial charge in [0, 0.05) is 24.2 Å². The van der Waals surface area contributed by atoms with Crippen LogP contribution in [0.1, 0.15) is 20.7 Å². The highest BCUT2D eigenvalue weighted by molar-refractivity contribution is 6.05. The van der Waals surface area contributed by atoms with Gasteiger partial charge in [0.25, 0.3) is 11.8 Å². The molecular formula is C18H18F3N3O2. The van der Waals surface area contributed by atoms with Gasteiger partial charge in [-0.05, 0) is 50.5 Å². The average Bonchev–Trinajstić information content (AvgIpc) is 2.62. The molecule has 0 fully saturated rings. The third-order valence-electron chi connectivity index (χ3n) is 3.54.